The minimum Gasteiger partial charge on any atom is -0.391 e. The molecule has 0 saturated heterocycles. The van der Waals surface area contributed by atoms with Crippen LogP contribution in [-0.2, 0) is 6.61 Å². The van der Waals surface area contributed by atoms with Crippen molar-refractivity contribution in [2.24, 2.45) is 0 Å². The van der Waals surface area contributed by atoms with Gasteiger partial charge < -0.3 is 5.11 Å². The monoisotopic (exact) mass is 195 g/mol. The normalized spacial score (nSPS) is 10.9. The number of aliphatic hydroxyl groups is 1. The molecule has 0 bridgehead atoms. The highest BCUT2D eigenvalue weighted by atomic mass is 32.1. The van der Waals surface area contributed by atoms with E-state index in [1.165, 1.54) is 0 Å². The number of aromatic nitrogens is 3. The number of rotatable bonds is 1. The van der Waals surface area contributed by atoms with Gasteiger partial charge in [-0.2, -0.15) is 0 Å². The zero-order valence-corrected chi connectivity index (χ0v) is 7.93. The minimum absolute atomic E-state index is 0.0295. The smallest absolute Gasteiger partial charge is 0.160 e. The van der Waals surface area contributed by atoms with Gasteiger partial charge in [0.2, 0.25) is 0 Å². The molecule has 4 nitrogen and oxygen atoms in total. The third-order valence-electron chi connectivity index (χ3n) is 1.87. The topological polar surface area (TPSA) is 53.3 Å². The molecule has 0 spiro atoms. The second-order valence-electron chi connectivity index (χ2n) is 2.85. The van der Waals surface area contributed by atoms with E-state index in [4.69, 9.17) is 17.3 Å². The van der Waals surface area contributed by atoms with Crippen molar-refractivity contribution in [1.29, 1.82) is 0 Å². The van der Waals surface area contributed by atoms with E-state index in [9.17, 15) is 0 Å². The molecule has 13 heavy (non-hydrogen) atoms. The number of aryl methyl sites for hydroxylation is 1. The van der Waals surface area contributed by atoms with Crippen molar-refractivity contribution in [3.8, 4) is 0 Å². The van der Waals surface area contributed by atoms with Crippen molar-refractivity contribution in [3.05, 3.63) is 28.2 Å². The van der Waals surface area contributed by atoms with Gasteiger partial charge in [0.1, 0.15) is 4.64 Å². The fraction of sp³-hybridized carbons (Fsp3) is 0.250. The number of aromatic amines is 1. The Balaban J connectivity index is 2.90. The number of nitrogens with one attached hydrogen (secondary N) is 1. The van der Waals surface area contributed by atoms with Crippen molar-refractivity contribution < 1.29 is 5.11 Å². The van der Waals surface area contributed by atoms with Gasteiger partial charge in [-0.15, -0.1) is 0 Å². The van der Waals surface area contributed by atoms with Crippen LogP contribution in [0.25, 0.3) is 5.65 Å². The Bertz CT molecular complexity index is 500. The molecule has 0 aliphatic rings. The molecule has 2 heterocycles. The molecule has 2 N–H and O–H groups in total. The van der Waals surface area contributed by atoms with Crippen LogP contribution in [0.3, 0.4) is 0 Å². The van der Waals surface area contributed by atoms with E-state index in [1.807, 2.05) is 6.92 Å². The van der Waals surface area contributed by atoms with Crippen LogP contribution >= 0.6 is 12.2 Å². The second kappa shape index (κ2) is 2.93. The van der Waals surface area contributed by atoms with Gasteiger partial charge in [0, 0.05) is 17.5 Å². The van der Waals surface area contributed by atoms with Gasteiger partial charge in [0.25, 0.3) is 0 Å². The summed E-state index contributed by atoms with van der Waals surface area (Å²) in [5, 5.41) is 11.9. The lowest BCUT2D eigenvalue weighted by Crippen LogP contribution is -1.95. The highest BCUT2D eigenvalue weighted by Crippen LogP contribution is 2.09. The summed E-state index contributed by atoms with van der Waals surface area (Å²) < 4.78 is 2.34. The molecule has 0 amide bonds. The van der Waals surface area contributed by atoms with E-state index in [1.54, 1.807) is 16.8 Å². The van der Waals surface area contributed by atoms with Crippen molar-refractivity contribution in [2.45, 2.75) is 13.5 Å². The van der Waals surface area contributed by atoms with E-state index in [-0.39, 0.29) is 6.61 Å². The first-order chi connectivity index (χ1) is 6.22. The lowest BCUT2D eigenvalue weighted by Gasteiger charge is -1.96. The predicted molar refractivity (Wildman–Crippen MR) is 51.0 cm³/mol. The van der Waals surface area contributed by atoms with Crippen molar-refractivity contribution in [1.82, 2.24) is 14.6 Å². The zero-order valence-electron chi connectivity index (χ0n) is 7.11. The number of H-pyrrole nitrogens is 1. The van der Waals surface area contributed by atoms with Gasteiger partial charge >= 0.3 is 0 Å². The lowest BCUT2D eigenvalue weighted by atomic mass is 10.3. The summed E-state index contributed by atoms with van der Waals surface area (Å²) in [5.74, 6) is 0. The van der Waals surface area contributed by atoms with E-state index in [0.717, 1.165) is 11.3 Å². The molecule has 0 aromatic carbocycles. The number of aliphatic hydroxyl groups excluding tert-OH is 1. The third kappa shape index (κ3) is 1.26. The van der Waals surface area contributed by atoms with Crippen LogP contribution in [0.1, 0.15) is 11.3 Å². The fourth-order valence-electron chi connectivity index (χ4n) is 1.26. The molecule has 0 atom stereocenters. The molecule has 0 radical (unpaired) electrons. The molecule has 0 aliphatic carbocycles. The van der Waals surface area contributed by atoms with Crippen LogP contribution in [0.15, 0.2) is 12.3 Å². The Hall–Kier alpha value is -1.20. The Kier molecular flexibility index (Phi) is 1.90. The van der Waals surface area contributed by atoms with Gasteiger partial charge in [-0.3, -0.25) is 5.10 Å². The van der Waals surface area contributed by atoms with E-state index in [2.05, 4.69) is 10.1 Å². The average Bonchev–Trinajstić information content (AvgIpc) is 2.47. The van der Waals surface area contributed by atoms with Crippen LogP contribution in [0.2, 0.25) is 0 Å². The highest BCUT2D eigenvalue weighted by molar-refractivity contribution is 7.71. The second-order valence-corrected chi connectivity index (χ2v) is 3.27. The molecule has 68 valence electrons. The Morgan fingerprint density at radius 3 is 3.15 bits per heavy atom. The molecule has 2 aromatic heterocycles. The van der Waals surface area contributed by atoms with Crippen LogP contribution in [0.5, 0.6) is 0 Å². The van der Waals surface area contributed by atoms with E-state index < -0.39 is 0 Å². The molecule has 0 fully saturated rings. The average molecular weight is 195 g/mol. The maximum absolute atomic E-state index is 9.00. The van der Waals surface area contributed by atoms with Gasteiger partial charge in [0.15, 0.2) is 5.65 Å². The third-order valence-corrected chi connectivity index (χ3v) is 2.17. The number of fused-ring (bicyclic) bond motifs is 1. The summed E-state index contributed by atoms with van der Waals surface area (Å²) >= 11 is 5.11. The van der Waals surface area contributed by atoms with E-state index >= 15 is 0 Å². The molecule has 2 aromatic rings. The van der Waals surface area contributed by atoms with E-state index in [0.29, 0.717) is 10.3 Å². The number of hydrogen-bond donors (Lipinski definition) is 2. The first-order valence-corrected chi connectivity index (χ1v) is 4.30. The van der Waals surface area contributed by atoms with Crippen LogP contribution in [0, 0.1) is 11.6 Å². The molecule has 2 rings (SSSR count). The van der Waals surface area contributed by atoms with Gasteiger partial charge in [0.05, 0.1) is 6.61 Å². The summed E-state index contributed by atoms with van der Waals surface area (Å²) in [6.07, 6.45) is 1.71. The number of hydrogen-bond acceptors (Lipinski definition) is 3. The molecule has 0 saturated carbocycles. The largest absolute Gasteiger partial charge is 0.391 e. The summed E-state index contributed by atoms with van der Waals surface area (Å²) in [6.45, 7) is 1.85. The maximum atomic E-state index is 9.00. The highest BCUT2D eigenvalue weighted by Gasteiger charge is 2.03. The van der Waals surface area contributed by atoms with Crippen molar-refractivity contribution >= 4 is 17.9 Å². The van der Waals surface area contributed by atoms with Gasteiger partial charge in [-0.25, -0.2) is 9.50 Å². The first-order valence-electron chi connectivity index (χ1n) is 3.90. The standard InChI is InChI=1S/C8H9N3OS/c1-5-2-7(13)11-8(10-5)6(4-12)3-9-11/h2-3,9,12H,4H2,1H3. The minimum atomic E-state index is -0.0295. The molecular weight excluding hydrogens is 186 g/mol. The summed E-state index contributed by atoms with van der Waals surface area (Å²) in [6, 6.07) is 1.81. The number of nitrogens with zero attached hydrogens (tertiary/aromatic N) is 2. The van der Waals surface area contributed by atoms with Gasteiger partial charge in [-0.05, 0) is 13.0 Å². The zero-order chi connectivity index (χ0) is 9.42. The molecular formula is C8H9N3OS. The van der Waals surface area contributed by atoms with Crippen molar-refractivity contribution in [3.63, 3.8) is 0 Å². The SMILES string of the molecule is Cc1cc(=S)n2[nH]cc(CO)c2n1. The van der Waals surface area contributed by atoms with Crippen molar-refractivity contribution in [2.75, 3.05) is 0 Å². The Morgan fingerprint density at radius 1 is 1.69 bits per heavy atom. The summed E-state index contributed by atoms with van der Waals surface area (Å²) in [4.78, 5) is 4.27. The van der Waals surface area contributed by atoms with Crippen LogP contribution < -0.4 is 0 Å². The Morgan fingerprint density at radius 2 is 2.46 bits per heavy atom. The summed E-state index contributed by atoms with van der Waals surface area (Å²) in [7, 11) is 0. The Labute approximate surface area is 79.8 Å². The van der Waals surface area contributed by atoms with Crippen LogP contribution in [-0.4, -0.2) is 19.7 Å². The summed E-state index contributed by atoms with van der Waals surface area (Å²) in [5.41, 5.74) is 2.32. The molecule has 0 aliphatic heterocycles. The maximum Gasteiger partial charge on any atom is 0.160 e. The first kappa shape index (κ1) is 8.40. The predicted octanol–water partition coefficient (Wildman–Crippen LogP) is 1.19. The molecule has 5 heteroatoms. The van der Waals surface area contributed by atoms with Gasteiger partial charge in [-0.1, -0.05) is 12.2 Å². The quantitative estimate of drug-likeness (QED) is 0.672. The lowest BCUT2D eigenvalue weighted by molar-refractivity contribution is 0.283. The molecule has 0 unspecified atom stereocenters. The fourth-order valence-corrected chi connectivity index (χ4v) is 1.57. The van der Waals surface area contributed by atoms with Crippen LogP contribution in [0.4, 0.5) is 0 Å².